The highest BCUT2D eigenvalue weighted by molar-refractivity contribution is 7.92. The molecule has 5 rings (SSSR count). The van der Waals surface area contributed by atoms with Crippen molar-refractivity contribution in [3.63, 3.8) is 0 Å². The van der Waals surface area contributed by atoms with Crippen LogP contribution in [0, 0.1) is 0 Å². The number of rotatable bonds is 3. The first-order chi connectivity index (χ1) is 14.9. The minimum absolute atomic E-state index is 0.0394. The van der Waals surface area contributed by atoms with Crippen molar-refractivity contribution in [2.75, 3.05) is 17.9 Å². The lowest BCUT2D eigenvalue weighted by Gasteiger charge is -2.37. The molecule has 1 aromatic heterocycles. The molecule has 31 heavy (non-hydrogen) atoms. The molecule has 1 amide bonds. The molecule has 10 heteroatoms. The molecule has 162 valence electrons. The summed E-state index contributed by atoms with van der Waals surface area (Å²) in [6.45, 7) is 1.21. The monoisotopic (exact) mass is 443 g/mol. The van der Waals surface area contributed by atoms with Crippen LogP contribution in [0.5, 0.6) is 5.75 Å². The fourth-order valence-corrected chi connectivity index (χ4v) is 5.30. The van der Waals surface area contributed by atoms with E-state index in [1.807, 2.05) is 4.90 Å². The van der Waals surface area contributed by atoms with Crippen LogP contribution in [0.1, 0.15) is 36.0 Å². The zero-order chi connectivity index (χ0) is 21.6. The van der Waals surface area contributed by atoms with E-state index in [1.54, 1.807) is 12.1 Å². The Morgan fingerprint density at radius 3 is 2.81 bits per heavy atom. The first kappa shape index (κ1) is 19.7. The van der Waals surface area contributed by atoms with Crippen molar-refractivity contribution in [1.82, 2.24) is 9.88 Å². The van der Waals surface area contributed by atoms with Gasteiger partial charge in [0.15, 0.2) is 5.58 Å². The molecule has 2 N–H and O–H groups in total. The van der Waals surface area contributed by atoms with Gasteiger partial charge in [0.1, 0.15) is 5.75 Å². The molecule has 9 nitrogen and oxygen atoms in total. The molecule has 1 saturated heterocycles. The zero-order valence-corrected chi connectivity index (χ0v) is 17.4. The first-order valence-electron chi connectivity index (χ1n) is 10.1. The summed E-state index contributed by atoms with van der Waals surface area (Å²) in [6, 6.07) is 8.94. The number of benzene rings is 2. The number of H-pyrrole nitrogens is 1. The fraction of sp³-hybridized carbons (Fsp3) is 0.333. The number of amides is 1. The quantitative estimate of drug-likeness (QED) is 0.642. The number of nitrogens with one attached hydrogen (secondary N) is 2. The van der Waals surface area contributed by atoms with Crippen LogP contribution in [0.3, 0.4) is 0 Å². The van der Waals surface area contributed by atoms with Gasteiger partial charge in [-0.25, -0.2) is 13.2 Å². The second kappa shape index (κ2) is 7.45. The Morgan fingerprint density at radius 2 is 1.94 bits per heavy atom. The lowest BCUT2D eigenvalue weighted by Crippen LogP contribution is -2.45. The number of carbonyl (C=O) groups is 1. The van der Waals surface area contributed by atoms with Gasteiger partial charge < -0.3 is 14.1 Å². The summed E-state index contributed by atoms with van der Waals surface area (Å²) in [4.78, 5) is 28.8. The van der Waals surface area contributed by atoms with Gasteiger partial charge in [-0.2, -0.15) is 0 Å². The largest absolute Gasteiger partial charge is 0.493 e. The predicted molar refractivity (Wildman–Crippen MR) is 113 cm³/mol. The molecule has 1 fully saturated rings. The molecule has 3 heterocycles. The number of oxazole rings is 1. The van der Waals surface area contributed by atoms with Crippen molar-refractivity contribution in [3.8, 4) is 5.75 Å². The van der Waals surface area contributed by atoms with Gasteiger partial charge in [-0.1, -0.05) is 0 Å². The maximum absolute atomic E-state index is 13.2. The van der Waals surface area contributed by atoms with E-state index >= 15 is 0 Å². The topological polar surface area (TPSA) is 122 Å². The Balaban J connectivity index is 1.47. The number of aromatic nitrogens is 1. The van der Waals surface area contributed by atoms with Gasteiger partial charge in [0.05, 0.1) is 22.6 Å². The summed E-state index contributed by atoms with van der Waals surface area (Å²) in [5.74, 6) is -0.346. The highest BCUT2D eigenvalue weighted by Gasteiger charge is 2.31. The van der Waals surface area contributed by atoms with Crippen molar-refractivity contribution in [3.05, 3.63) is 52.5 Å². The number of carbonyl (C=O) groups excluding carboxylic acids is 1. The van der Waals surface area contributed by atoms with Gasteiger partial charge >= 0.3 is 5.76 Å². The number of aromatic amines is 1. The average molecular weight is 443 g/mol. The van der Waals surface area contributed by atoms with Crippen LogP contribution in [-0.2, 0) is 10.0 Å². The molecule has 3 aromatic rings. The molecule has 1 atom stereocenters. The maximum Gasteiger partial charge on any atom is 0.417 e. The molecular weight excluding hydrogens is 422 g/mol. The van der Waals surface area contributed by atoms with Crippen molar-refractivity contribution in [2.45, 2.75) is 36.6 Å². The van der Waals surface area contributed by atoms with Gasteiger partial charge in [-0.15, -0.1) is 0 Å². The van der Waals surface area contributed by atoms with Crippen LogP contribution in [0.25, 0.3) is 11.1 Å². The highest BCUT2D eigenvalue weighted by atomic mass is 32.2. The maximum atomic E-state index is 13.2. The van der Waals surface area contributed by atoms with Crippen LogP contribution in [0.15, 0.2) is 50.5 Å². The highest BCUT2D eigenvalue weighted by Crippen LogP contribution is 2.31. The molecule has 2 aromatic carbocycles. The third-order valence-corrected chi connectivity index (χ3v) is 7.14. The number of hydrogen-bond acceptors (Lipinski definition) is 6. The minimum Gasteiger partial charge on any atom is -0.493 e. The van der Waals surface area contributed by atoms with Gasteiger partial charge in [0.25, 0.3) is 15.9 Å². The summed E-state index contributed by atoms with van der Waals surface area (Å²) in [6.07, 6.45) is 3.80. The Hall–Kier alpha value is -3.27. The summed E-state index contributed by atoms with van der Waals surface area (Å²) >= 11 is 0. The number of ether oxygens (including phenoxy) is 1. The summed E-state index contributed by atoms with van der Waals surface area (Å²) in [5.41, 5.74) is 1.15. The number of sulfonamides is 1. The van der Waals surface area contributed by atoms with Gasteiger partial charge in [-0.3, -0.25) is 14.5 Å². The van der Waals surface area contributed by atoms with Crippen LogP contribution < -0.4 is 15.2 Å². The number of hydrogen-bond donors (Lipinski definition) is 2. The van der Waals surface area contributed by atoms with Crippen LogP contribution in [0.4, 0.5) is 5.69 Å². The molecule has 0 aliphatic carbocycles. The van der Waals surface area contributed by atoms with E-state index in [1.165, 1.54) is 24.3 Å². The summed E-state index contributed by atoms with van der Waals surface area (Å²) in [5, 5.41) is 0. The van der Waals surface area contributed by atoms with Gasteiger partial charge in [0, 0.05) is 24.7 Å². The van der Waals surface area contributed by atoms with E-state index in [4.69, 9.17) is 9.15 Å². The molecule has 0 unspecified atom stereocenters. The van der Waals surface area contributed by atoms with Gasteiger partial charge in [-0.05, 0) is 55.7 Å². The van der Waals surface area contributed by atoms with E-state index in [2.05, 4.69) is 9.71 Å². The van der Waals surface area contributed by atoms with Gasteiger partial charge in [0.2, 0.25) is 0 Å². The minimum atomic E-state index is -3.96. The normalized spacial score (nSPS) is 19.2. The van der Waals surface area contributed by atoms with Crippen molar-refractivity contribution in [2.24, 2.45) is 0 Å². The first-order valence-corrected chi connectivity index (χ1v) is 11.6. The Morgan fingerprint density at radius 1 is 1.06 bits per heavy atom. The second-order valence-electron chi connectivity index (χ2n) is 7.77. The summed E-state index contributed by atoms with van der Waals surface area (Å²) in [7, 11) is -3.96. The fourth-order valence-electron chi connectivity index (χ4n) is 4.23. The Labute approximate surface area is 178 Å². The lowest BCUT2D eigenvalue weighted by atomic mass is 9.97. The molecule has 0 saturated carbocycles. The van der Waals surface area contributed by atoms with E-state index in [0.29, 0.717) is 24.5 Å². The van der Waals surface area contributed by atoms with Crippen LogP contribution in [-0.4, -0.2) is 43.4 Å². The standard InChI is InChI=1S/C21H21N3O6S/c25-20-16-11-13(4-6-18(16)29-10-8-14-3-1-2-9-24(14)20)23-31(27,28)15-5-7-19-17(12-15)22-21(26)30-19/h4-7,11-12,14,23H,1-3,8-10H2,(H,22,26)/t14-/m1/s1. The lowest BCUT2D eigenvalue weighted by molar-refractivity contribution is 0.0548. The SMILES string of the molecule is O=C1c2cc(NS(=O)(=O)c3ccc4oc(=O)[nH]c4c3)ccc2OCC[C@H]2CCCCN12. The molecular formula is C21H21N3O6S. The third-order valence-electron chi connectivity index (χ3n) is 5.76. The molecule has 2 aliphatic heterocycles. The third kappa shape index (κ3) is 3.67. The van der Waals surface area contributed by atoms with E-state index < -0.39 is 15.8 Å². The van der Waals surface area contributed by atoms with Crippen LogP contribution in [0.2, 0.25) is 0 Å². The van der Waals surface area contributed by atoms with E-state index in [9.17, 15) is 18.0 Å². The summed E-state index contributed by atoms with van der Waals surface area (Å²) < 4.78 is 39.0. The van der Waals surface area contributed by atoms with Crippen molar-refractivity contribution in [1.29, 1.82) is 0 Å². The molecule has 2 aliphatic rings. The molecule has 0 radical (unpaired) electrons. The van der Waals surface area contributed by atoms with E-state index in [0.717, 1.165) is 25.7 Å². The predicted octanol–water partition coefficient (Wildman–Crippen LogP) is 2.70. The molecule has 0 spiro atoms. The number of piperidine rings is 1. The average Bonchev–Trinajstić information content (AvgIpc) is 3.12. The molecule has 0 bridgehead atoms. The van der Waals surface area contributed by atoms with Crippen molar-refractivity contribution >= 4 is 32.7 Å². The smallest absolute Gasteiger partial charge is 0.417 e. The van der Waals surface area contributed by atoms with E-state index in [-0.39, 0.29) is 33.6 Å². The second-order valence-corrected chi connectivity index (χ2v) is 9.46. The number of nitrogens with zero attached hydrogens (tertiary/aromatic N) is 1. The Bertz CT molecular complexity index is 1330. The Kier molecular flexibility index (Phi) is 4.73. The van der Waals surface area contributed by atoms with Crippen LogP contribution >= 0.6 is 0 Å². The number of anilines is 1. The van der Waals surface area contributed by atoms with Crippen molar-refractivity contribution < 1.29 is 22.4 Å². The number of fused-ring (bicyclic) bond motifs is 3. The zero-order valence-electron chi connectivity index (χ0n) is 16.6.